The molecule has 9 rings (SSSR count). The summed E-state index contributed by atoms with van der Waals surface area (Å²) in [5, 5.41) is 9.65. The van der Waals surface area contributed by atoms with Gasteiger partial charge in [0.2, 0.25) is 0 Å². The fraction of sp³-hybridized carbons (Fsp3) is 0.105. The molecule has 63 heavy (non-hydrogen) atoms. The molecular weight excluding hydrogens is 820 g/mol. The maximum atomic E-state index is 9.65. The molecule has 0 aliphatic carbocycles. The van der Waals surface area contributed by atoms with E-state index in [2.05, 4.69) is 161 Å². The van der Waals surface area contributed by atoms with E-state index in [0.29, 0.717) is 5.56 Å². The van der Waals surface area contributed by atoms with Gasteiger partial charge >= 0.3 is 19.5 Å². The van der Waals surface area contributed by atoms with Crippen LogP contribution in [-0.4, -0.2) is 9.97 Å². The Labute approximate surface area is 382 Å². The Kier molecular flexibility index (Phi) is 12.2. The Morgan fingerprint density at radius 1 is 0.476 bits per heavy atom. The van der Waals surface area contributed by atoms with Gasteiger partial charge in [0.15, 0.2) is 0 Å². The normalized spacial score (nSPS) is 11.8. The first-order valence-electron chi connectivity index (χ1n) is 21.0. The van der Waals surface area contributed by atoms with Gasteiger partial charge in [-0.15, -0.1) is 41.8 Å². The third-order valence-electron chi connectivity index (χ3n) is 12.0. The summed E-state index contributed by atoms with van der Waals surface area (Å²) in [4.78, 5) is 21.6. The number of hydrogen-bond acceptors (Lipinski definition) is 3. The molecule has 5 nitrogen and oxygen atoms in total. The summed E-state index contributed by atoms with van der Waals surface area (Å²) in [7, 11) is 0. The second-order valence-electron chi connectivity index (χ2n) is 16.1. The molecule has 4 aromatic carbocycles. The first-order chi connectivity index (χ1) is 30.3. The number of nitrogens with zero attached hydrogens (tertiary/aromatic N) is 5. The van der Waals surface area contributed by atoms with E-state index in [4.69, 9.17) is 19.9 Å². The smallest absolute Gasteiger partial charge is 0.657 e. The van der Waals surface area contributed by atoms with Crippen LogP contribution in [0, 0.1) is 25.2 Å². The zero-order chi connectivity index (χ0) is 42.8. The average molecular weight is 865 g/mol. The van der Waals surface area contributed by atoms with E-state index in [0.717, 1.165) is 109 Å². The average Bonchev–Trinajstić information content (AvgIpc) is 4.14. The molecule has 2 aliphatic rings. The number of aryl methyl sites for hydroxylation is 2. The Balaban J connectivity index is 0.00000544. The molecule has 300 valence electrons. The van der Waals surface area contributed by atoms with Gasteiger partial charge in [-0.1, -0.05) is 139 Å². The van der Waals surface area contributed by atoms with Crippen LogP contribution in [0.4, 0.5) is 0 Å². The van der Waals surface area contributed by atoms with Crippen LogP contribution < -0.4 is 9.97 Å². The Morgan fingerprint density at radius 2 is 0.778 bits per heavy atom. The van der Waals surface area contributed by atoms with Crippen LogP contribution in [-0.2, 0) is 24.9 Å². The van der Waals surface area contributed by atoms with Crippen LogP contribution in [0.5, 0.6) is 0 Å². The van der Waals surface area contributed by atoms with E-state index in [1.165, 1.54) is 16.7 Å². The third-order valence-corrected chi connectivity index (χ3v) is 12.0. The largest absolute Gasteiger partial charge is 2.00 e. The number of rotatable bonds is 11. The van der Waals surface area contributed by atoms with Crippen molar-refractivity contribution in [3.8, 4) is 50.6 Å². The number of nitriles is 1. The predicted octanol–water partition coefficient (Wildman–Crippen LogP) is 14.0. The quantitative estimate of drug-likeness (QED) is 0.0956. The van der Waals surface area contributed by atoms with Crippen molar-refractivity contribution < 1.29 is 19.5 Å². The molecule has 0 saturated heterocycles. The van der Waals surface area contributed by atoms with Gasteiger partial charge in [-0.2, -0.15) is 5.26 Å². The van der Waals surface area contributed by atoms with Gasteiger partial charge in [-0.25, -0.2) is 9.97 Å². The first-order valence-corrected chi connectivity index (χ1v) is 21.0. The van der Waals surface area contributed by atoms with Gasteiger partial charge in [0.05, 0.1) is 34.4 Å². The summed E-state index contributed by atoms with van der Waals surface area (Å²) in [6, 6.07) is 44.1. The molecule has 0 spiro atoms. The van der Waals surface area contributed by atoms with E-state index in [1.807, 2.05) is 42.5 Å². The van der Waals surface area contributed by atoms with Gasteiger partial charge in [0, 0.05) is 5.41 Å². The topological polar surface area (TPSA) is 77.8 Å². The Morgan fingerprint density at radius 3 is 1.08 bits per heavy atom. The van der Waals surface area contributed by atoms with Crippen LogP contribution in [0.3, 0.4) is 0 Å². The summed E-state index contributed by atoms with van der Waals surface area (Å²) in [5.74, 6) is 0. The first kappa shape index (κ1) is 42.5. The van der Waals surface area contributed by atoms with Gasteiger partial charge in [0.1, 0.15) is 0 Å². The minimum Gasteiger partial charge on any atom is -0.657 e. The molecule has 0 N–H and O–H groups in total. The molecule has 0 atom stereocenters. The third kappa shape index (κ3) is 8.17. The zero-order valence-corrected chi connectivity index (χ0v) is 38.7. The summed E-state index contributed by atoms with van der Waals surface area (Å²) in [5.41, 5.74) is 17.9. The molecule has 0 fully saturated rings. The van der Waals surface area contributed by atoms with Crippen molar-refractivity contribution >= 4 is 46.4 Å². The molecule has 8 bridgehead atoms. The number of allylic oxidation sites excluding steroid dienone is 3. The summed E-state index contributed by atoms with van der Waals surface area (Å²) < 4.78 is 0. The Bertz CT molecular complexity index is 3080. The molecule has 2 aliphatic heterocycles. The molecule has 0 amide bonds. The minimum absolute atomic E-state index is 0. The van der Waals surface area contributed by atoms with Crippen molar-refractivity contribution in [1.29, 1.82) is 5.26 Å². The van der Waals surface area contributed by atoms with Crippen molar-refractivity contribution in [3.63, 3.8) is 0 Å². The van der Waals surface area contributed by atoms with Gasteiger partial charge < -0.3 is 9.97 Å². The zero-order valence-electron chi connectivity index (χ0n) is 35.8. The van der Waals surface area contributed by atoms with Crippen molar-refractivity contribution in [3.05, 3.63) is 204 Å². The number of benzene rings is 4. The van der Waals surface area contributed by atoms with Crippen molar-refractivity contribution in [2.45, 2.75) is 38.5 Å². The molecule has 0 radical (unpaired) electrons. The van der Waals surface area contributed by atoms with Crippen LogP contribution in [0.1, 0.15) is 64.3 Å². The SMILES string of the molecule is C=CCC(CC=C)(CC=C)c1ccc(-c2c3nc(c(-c4ccc(C)cc4)c4ccc([n-]4)c(-c4ccc(C#N)cc4)c4nc(c(-c5ccc(C)cc5)c5ccc2[n-]5)C=C4)C=C3)cc1.[Zn+2]. The van der Waals surface area contributed by atoms with Crippen LogP contribution >= 0.6 is 0 Å². The predicted molar refractivity (Wildman–Crippen MR) is 259 cm³/mol. The number of fused-ring (bicyclic) bond motifs is 8. The summed E-state index contributed by atoms with van der Waals surface area (Å²) in [6.45, 7) is 16.5. The molecule has 6 heteroatoms. The summed E-state index contributed by atoms with van der Waals surface area (Å²) >= 11 is 0. The molecule has 7 aromatic rings. The fourth-order valence-electron chi connectivity index (χ4n) is 8.85. The molecular formula is C57H45N5Zn. The van der Waals surface area contributed by atoms with E-state index < -0.39 is 0 Å². The van der Waals surface area contributed by atoms with Gasteiger partial charge in [-0.3, -0.25) is 0 Å². The maximum Gasteiger partial charge on any atom is 2.00 e. The monoisotopic (exact) mass is 863 g/mol. The number of hydrogen-bond donors (Lipinski definition) is 0. The molecule has 0 unspecified atom stereocenters. The van der Waals surface area contributed by atoms with Crippen LogP contribution in [0.25, 0.3) is 90.9 Å². The van der Waals surface area contributed by atoms with Crippen LogP contribution in [0.15, 0.2) is 159 Å². The van der Waals surface area contributed by atoms with Crippen molar-refractivity contribution in [1.82, 2.24) is 19.9 Å². The second kappa shape index (κ2) is 18.0. The van der Waals surface area contributed by atoms with Crippen LogP contribution in [0.2, 0.25) is 0 Å². The molecule has 3 aromatic heterocycles. The number of aromatic nitrogens is 4. The van der Waals surface area contributed by atoms with E-state index in [9.17, 15) is 5.26 Å². The Hall–Kier alpha value is -7.19. The minimum atomic E-state index is -0.184. The summed E-state index contributed by atoms with van der Waals surface area (Å²) in [6.07, 6.45) is 16.7. The van der Waals surface area contributed by atoms with Gasteiger partial charge in [0.25, 0.3) is 0 Å². The van der Waals surface area contributed by atoms with Crippen molar-refractivity contribution in [2.24, 2.45) is 0 Å². The van der Waals surface area contributed by atoms with E-state index >= 15 is 0 Å². The standard InChI is InChI=1S/C57H45N5.Zn/c1-6-33-57(34-7-2,35-8-3)44-23-21-43(22-24-44)56-51-31-27-47(61-51)53(40-15-9-37(4)10-16-40)45-25-29-49(59-45)55(42-19-13-39(36-58)14-20-42)50-30-26-46(60-50)54(48-28-32-52(56)62-48)41-17-11-38(5)12-18-41;/h6-32H,1-3,33-35H2,4-5H3;/q-2;+2. The van der Waals surface area contributed by atoms with Gasteiger partial charge in [-0.05, 0) is 120 Å². The molecule has 5 heterocycles. The molecule has 0 saturated carbocycles. The fourth-order valence-corrected chi connectivity index (χ4v) is 8.85. The maximum absolute atomic E-state index is 9.65. The van der Waals surface area contributed by atoms with E-state index in [-0.39, 0.29) is 24.9 Å². The van der Waals surface area contributed by atoms with E-state index in [1.54, 1.807) is 0 Å². The second-order valence-corrected chi connectivity index (χ2v) is 16.1. The van der Waals surface area contributed by atoms with Crippen molar-refractivity contribution in [2.75, 3.05) is 0 Å².